The molecule has 0 bridgehead atoms. The van der Waals surface area contributed by atoms with Crippen molar-refractivity contribution in [1.29, 1.82) is 0 Å². The molecule has 1 atom stereocenters. The molecule has 1 unspecified atom stereocenters. The molecule has 0 fully saturated rings. The zero-order valence-electron chi connectivity index (χ0n) is 13.3. The van der Waals surface area contributed by atoms with Crippen LogP contribution < -0.4 is 15.2 Å². The lowest BCUT2D eigenvalue weighted by atomic mass is 10.2. The van der Waals surface area contributed by atoms with Gasteiger partial charge in [-0.3, -0.25) is 4.79 Å². The van der Waals surface area contributed by atoms with E-state index in [2.05, 4.69) is 0 Å². The standard InChI is InChI=1S/C17H21NO5/c1-3-21-17(19)14(18)10-12-8-9-13(23-12)11-22-16-7-5-4-6-15(16)20-2/h4-9,14H,3,10-11,18H2,1-2H3. The van der Waals surface area contributed by atoms with Crippen LogP contribution in [0.3, 0.4) is 0 Å². The van der Waals surface area contributed by atoms with Gasteiger partial charge in [-0.1, -0.05) is 12.1 Å². The van der Waals surface area contributed by atoms with E-state index in [1.165, 1.54) is 0 Å². The van der Waals surface area contributed by atoms with E-state index < -0.39 is 12.0 Å². The number of para-hydroxylation sites is 2. The molecule has 0 aliphatic carbocycles. The van der Waals surface area contributed by atoms with Crippen molar-refractivity contribution in [2.45, 2.75) is 26.0 Å². The summed E-state index contributed by atoms with van der Waals surface area (Å²) >= 11 is 0. The van der Waals surface area contributed by atoms with Crippen LogP contribution in [-0.2, 0) is 22.6 Å². The van der Waals surface area contributed by atoms with Crippen molar-refractivity contribution in [2.24, 2.45) is 5.73 Å². The summed E-state index contributed by atoms with van der Waals surface area (Å²) in [4.78, 5) is 11.5. The van der Waals surface area contributed by atoms with Crippen LogP contribution >= 0.6 is 0 Å². The third-order valence-electron chi connectivity index (χ3n) is 3.17. The number of nitrogens with two attached hydrogens (primary N) is 1. The first-order valence-electron chi connectivity index (χ1n) is 7.39. The van der Waals surface area contributed by atoms with E-state index in [4.69, 9.17) is 24.4 Å². The van der Waals surface area contributed by atoms with E-state index in [0.29, 0.717) is 29.6 Å². The molecule has 6 nitrogen and oxygen atoms in total. The molecule has 0 saturated carbocycles. The summed E-state index contributed by atoms with van der Waals surface area (Å²) in [6.45, 7) is 2.31. The summed E-state index contributed by atoms with van der Waals surface area (Å²) in [6, 6.07) is 10.2. The fourth-order valence-corrected chi connectivity index (χ4v) is 2.05. The van der Waals surface area contributed by atoms with Crippen LogP contribution in [-0.4, -0.2) is 25.7 Å². The summed E-state index contributed by atoms with van der Waals surface area (Å²) in [5, 5.41) is 0. The second-order valence-electron chi connectivity index (χ2n) is 4.87. The molecule has 0 saturated heterocycles. The second kappa shape index (κ2) is 8.24. The normalized spacial score (nSPS) is 11.8. The van der Waals surface area contributed by atoms with Crippen LogP contribution in [0.25, 0.3) is 0 Å². The molecule has 1 aromatic carbocycles. The number of furan rings is 1. The highest BCUT2D eigenvalue weighted by molar-refractivity contribution is 5.75. The fourth-order valence-electron chi connectivity index (χ4n) is 2.05. The van der Waals surface area contributed by atoms with Gasteiger partial charge in [0.2, 0.25) is 0 Å². The molecular weight excluding hydrogens is 298 g/mol. The molecular formula is C17H21NO5. The Kier molecular flexibility index (Phi) is 6.05. The van der Waals surface area contributed by atoms with Crippen LogP contribution in [0.5, 0.6) is 11.5 Å². The van der Waals surface area contributed by atoms with Crippen molar-refractivity contribution in [2.75, 3.05) is 13.7 Å². The van der Waals surface area contributed by atoms with Crippen LogP contribution in [0.2, 0.25) is 0 Å². The van der Waals surface area contributed by atoms with Gasteiger partial charge in [-0.05, 0) is 31.2 Å². The lowest BCUT2D eigenvalue weighted by Gasteiger charge is -2.09. The quantitative estimate of drug-likeness (QED) is 0.752. The van der Waals surface area contributed by atoms with Crippen LogP contribution in [0.4, 0.5) is 0 Å². The molecule has 6 heteroatoms. The second-order valence-corrected chi connectivity index (χ2v) is 4.87. The Balaban J connectivity index is 1.91. The van der Waals surface area contributed by atoms with Gasteiger partial charge in [0.05, 0.1) is 13.7 Å². The molecule has 0 aliphatic heterocycles. The van der Waals surface area contributed by atoms with Gasteiger partial charge in [-0.15, -0.1) is 0 Å². The van der Waals surface area contributed by atoms with Crippen molar-refractivity contribution in [3.63, 3.8) is 0 Å². The zero-order valence-corrected chi connectivity index (χ0v) is 13.3. The van der Waals surface area contributed by atoms with E-state index in [0.717, 1.165) is 0 Å². The van der Waals surface area contributed by atoms with E-state index in [1.54, 1.807) is 26.2 Å². The maximum absolute atomic E-state index is 11.5. The third-order valence-corrected chi connectivity index (χ3v) is 3.17. The molecule has 1 heterocycles. The fraction of sp³-hybridized carbons (Fsp3) is 0.353. The summed E-state index contributed by atoms with van der Waals surface area (Å²) in [5.41, 5.74) is 5.77. The molecule has 0 aliphatic rings. The van der Waals surface area contributed by atoms with Gasteiger partial charge in [0, 0.05) is 6.42 Å². The zero-order chi connectivity index (χ0) is 16.7. The highest BCUT2D eigenvalue weighted by Gasteiger charge is 2.17. The van der Waals surface area contributed by atoms with Crippen LogP contribution in [0, 0.1) is 0 Å². The number of esters is 1. The highest BCUT2D eigenvalue weighted by Crippen LogP contribution is 2.26. The Hall–Kier alpha value is -2.47. The topological polar surface area (TPSA) is 83.9 Å². The maximum atomic E-state index is 11.5. The molecule has 2 N–H and O–H groups in total. The summed E-state index contributed by atoms with van der Waals surface area (Å²) in [6.07, 6.45) is 0.285. The Morgan fingerprint density at radius 2 is 1.87 bits per heavy atom. The maximum Gasteiger partial charge on any atom is 0.323 e. The highest BCUT2D eigenvalue weighted by atomic mass is 16.5. The Morgan fingerprint density at radius 3 is 2.57 bits per heavy atom. The van der Waals surface area contributed by atoms with Crippen molar-refractivity contribution >= 4 is 5.97 Å². The van der Waals surface area contributed by atoms with E-state index in [-0.39, 0.29) is 13.0 Å². The summed E-state index contributed by atoms with van der Waals surface area (Å²) in [5.74, 6) is 2.11. The minimum Gasteiger partial charge on any atom is -0.493 e. The van der Waals surface area contributed by atoms with Gasteiger partial charge in [-0.25, -0.2) is 0 Å². The first-order chi connectivity index (χ1) is 11.1. The van der Waals surface area contributed by atoms with Gasteiger partial charge in [0.1, 0.15) is 24.2 Å². The minimum absolute atomic E-state index is 0.259. The average Bonchev–Trinajstić information content (AvgIpc) is 3.00. The monoisotopic (exact) mass is 319 g/mol. The number of hydrogen-bond acceptors (Lipinski definition) is 6. The van der Waals surface area contributed by atoms with Crippen molar-refractivity contribution in [3.05, 3.63) is 47.9 Å². The number of carbonyl (C=O) groups is 1. The van der Waals surface area contributed by atoms with Crippen molar-refractivity contribution < 1.29 is 23.4 Å². The number of hydrogen-bond donors (Lipinski definition) is 1. The average molecular weight is 319 g/mol. The first-order valence-corrected chi connectivity index (χ1v) is 7.39. The lowest BCUT2D eigenvalue weighted by Crippen LogP contribution is -2.34. The summed E-state index contributed by atoms with van der Waals surface area (Å²) in [7, 11) is 1.59. The number of benzene rings is 1. The van der Waals surface area contributed by atoms with Crippen molar-refractivity contribution in [3.8, 4) is 11.5 Å². The Morgan fingerprint density at radius 1 is 1.17 bits per heavy atom. The largest absolute Gasteiger partial charge is 0.493 e. The van der Waals surface area contributed by atoms with Gasteiger partial charge < -0.3 is 24.4 Å². The number of methoxy groups -OCH3 is 1. The lowest BCUT2D eigenvalue weighted by molar-refractivity contribution is -0.144. The van der Waals surface area contributed by atoms with Gasteiger partial charge in [0.25, 0.3) is 0 Å². The Labute approximate surface area is 135 Å². The predicted molar refractivity (Wildman–Crippen MR) is 84.3 cm³/mol. The number of ether oxygens (including phenoxy) is 3. The molecule has 23 heavy (non-hydrogen) atoms. The van der Waals surface area contributed by atoms with E-state index in [1.807, 2.05) is 24.3 Å². The SMILES string of the molecule is CCOC(=O)C(N)Cc1ccc(COc2ccccc2OC)o1. The molecule has 1 aromatic heterocycles. The molecule has 124 valence electrons. The third kappa shape index (κ3) is 4.75. The number of rotatable bonds is 8. The van der Waals surface area contributed by atoms with Gasteiger partial charge >= 0.3 is 5.97 Å². The minimum atomic E-state index is -0.732. The first kappa shape index (κ1) is 16.9. The summed E-state index contributed by atoms with van der Waals surface area (Å²) < 4.78 is 21.4. The molecule has 0 amide bonds. The van der Waals surface area contributed by atoms with Gasteiger partial charge in [0.15, 0.2) is 11.5 Å². The molecule has 2 aromatic rings. The van der Waals surface area contributed by atoms with Gasteiger partial charge in [-0.2, -0.15) is 0 Å². The van der Waals surface area contributed by atoms with Crippen molar-refractivity contribution in [1.82, 2.24) is 0 Å². The molecule has 0 spiro atoms. The van der Waals surface area contributed by atoms with E-state index >= 15 is 0 Å². The Bertz CT molecular complexity index is 637. The molecule has 2 rings (SSSR count). The molecule has 0 radical (unpaired) electrons. The van der Waals surface area contributed by atoms with Crippen LogP contribution in [0.15, 0.2) is 40.8 Å². The van der Waals surface area contributed by atoms with E-state index in [9.17, 15) is 4.79 Å². The number of carbonyl (C=O) groups excluding carboxylic acids is 1. The predicted octanol–water partition coefficient (Wildman–Crippen LogP) is 2.30. The smallest absolute Gasteiger partial charge is 0.323 e. The van der Waals surface area contributed by atoms with Crippen LogP contribution in [0.1, 0.15) is 18.4 Å².